The number of halogens is 1. The average Bonchev–Trinajstić information content (AvgIpc) is 2.43. The van der Waals surface area contributed by atoms with Gasteiger partial charge in [0.2, 0.25) is 5.75 Å². The molecule has 2 aromatic carbocycles. The topological polar surface area (TPSA) is 86.5 Å². The highest BCUT2D eigenvalue weighted by atomic mass is 32.2. The molecule has 2 rings (SSSR count). The maximum Gasteiger partial charge on any atom is 0.339 e. The molecule has 0 heterocycles. The standard InChI is InChI=1S/C14H12FNO5S/c1-9-3-6-14(13(7-9)16(17)18)21-22(19,20)11-4-5-12(15)10(2)8-11/h3-8H,1-2H3. The second-order valence-electron chi connectivity index (χ2n) is 4.68. The van der Waals surface area contributed by atoms with Crippen molar-refractivity contribution in [3.8, 4) is 5.75 Å². The summed E-state index contributed by atoms with van der Waals surface area (Å²) in [6, 6.07) is 7.05. The molecule has 0 atom stereocenters. The molecule has 0 bridgehead atoms. The summed E-state index contributed by atoms with van der Waals surface area (Å²) < 4.78 is 42.4. The zero-order valence-corrected chi connectivity index (χ0v) is 12.6. The summed E-state index contributed by atoms with van der Waals surface area (Å²) in [5.74, 6) is -0.946. The van der Waals surface area contributed by atoms with E-state index in [1.807, 2.05) is 0 Å². The maximum atomic E-state index is 13.2. The monoisotopic (exact) mass is 325 g/mol. The Bertz CT molecular complexity index is 848. The normalized spacial score (nSPS) is 11.2. The fraction of sp³-hybridized carbons (Fsp3) is 0.143. The van der Waals surface area contributed by atoms with Crippen LogP contribution in [0.25, 0.3) is 0 Å². The van der Waals surface area contributed by atoms with Crippen molar-refractivity contribution in [3.05, 3.63) is 63.5 Å². The molecule has 0 fully saturated rings. The van der Waals surface area contributed by atoms with Gasteiger partial charge in [0.25, 0.3) is 0 Å². The van der Waals surface area contributed by atoms with Crippen LogP contribution in [0.4, 0.5) is 10.1 Å². The van der Waals surface area contributed by atoms with Gasteiger partial charge in [0.05, 0.1) is 4.92 Å². The number of nitro groups is 1. The lowest BCUT2D eigenvalue weighted by Gasteiger charge is -2.08. The van der Waals surface area contributed by atoms with Gasteiger partial charge in [-0.25, -0.2) is 4.39 Å². The molecule has 0 aliphatic carbocycles. The zero-order chi connectivity index (χ0) is 16.5. The van der Waals surface area contributed by atoms with Gasteiger partial charge < -0.3 is 4.18 Å². The van der Waals surface area contributed by atoms with E-state index in [1.54, 1.807) is 6.92 Å². The number of aryl methyl sites for hydroxylation is 2. The molecule has 0 saturated carbocycles. The predicted octanol–water partition coefficient (Wildman–Crippen LogP) is 3.12. The van der Waals surface area contributed by atoms with Crippen molar-refractivity contribution in [2.45, 2.75) is 18.7 Å². The quantitative estimate of drug-likeness (QED) is 0.490. The Morgan fingerprint density at radius 1 is 1.14 bits per heavy atom. The Kier molecular flexibility index (Phi) is 4.14. The van der Waals surface area contributed by atoms with Crippen LogP contribution in [0, 0.1) is 29.8 Å². The largest absolute Gasteiger partial charge is 0.372 e. The Balaban J connectivity index is 2.45. The summed E-state index contributed by atoms with van der Waals surface area (Å²) in [5.41, 5.74) is 0.263. The second-order valence-corrected chi connectivity index (χ2v) is 6.22. The molecule has 0 N–H and O–H groups in total. The molecule has 0 saturated heterocycles. The van der Waals surface area contributed by atoms with Crippen molar-refractivity contribution < 1.29 is 21.9 Å². The Morgan fingerprint density at radius 3 is 2.41 bits per heavy atom. The van der Waals surface area contributed by atoms with E-state index in [9.17, 15) is 22.9 Å². The number of benzene rings is 2. The van der Waals surface area contributed by atoms with Crippen molar-refractivity contribution in [1.29, 1.82) is 0 Å². The summed E-state index contributed by atoms with van der Waals surface area (Å²) in [7, 11) is -4.29. The van der Waals surface area contributed by atoms with E-state index in [2.05, 4.69) is 0 Å². The van der Waals surface area contributed by atoms with Crippen LogP contribution in [-0.4, -0.2) is 13.3 Å². The Hall–Kier alpha value is -2.48. The van der Waals surface area contributed by atoms with E-state index < -0.39 is 32.3 Å². The molecule has 0 aliphatic heterocycles. The van der Waals surface area contributed by atoms with Gasteiger partial charge in [-0.1, -0.05) is 6.07 Å². The molecular formula is C14H12FNO5S. The van der Waals surface area contributed by atoms with Crippen LogP contribution in [0.5, 0.6) is 5.75 Å². The third-order valence-electron chi connectivity index (χ3n) is 2.93. The lowest BCUT2D eigenvalue weighted by atomic mass is 10.2. The minimum Gasteiger partial charge on any atom is -0.372 e. The minimum atomic E-state index is -4.29. The number of hydrogen-bond acceptors (Lipinski definition) is 5. The Labute approximate surface area is 126 Å². The highest BCUT2D eigenvalue weighted by molar-refractivity contribution is 7.87. The maximum absolute atomic E-state index is 13.2. The molecule has 116 valence electrons. The van der Waals surface area contributed by atoms with Gasteiger partial charge in [-0.3, -0.25) is 10.1 Å². The lowest BCUT2D eigenvalue weighted by molar-refractivity contribution is -0.385. The van der Waals surface area contributed by atoms with Crippen molar-refractivity contribution >= 4 is 15.8 Å². The fourth-order valence-electron chi connectivity index (χ4n) is 1.78. The summed E-state index contributed by atoms with van der Waals surface area (Å²) in [6.45, 7) is 3.04. The minimum absolute atomic E-state index is 0.128. The predicted molar refractivity (Wildman–Crippen MR) is 76.8 cm³/mol. The van der Waals surface area contributed by atoms with Gasteiger partial charge in [0.15, 0.2) is 0 Å². The van der Waals surface area contributed by atoms with E-state index in [4.69, 9.17) is 4.18 Å². The second kappa shape index (κ2) is 5.72. The SMILES string of the molecule is Cc1ccc(OS(=O)(=O)c2ccc(F)c(C)c2)c([N+](=O)[O-])c1. The van der Waals surface area contributed by atoms with Gasteiger partial charge in [-0.15, -0.1) is 0 Å². The van der Waals surface area contributed by atoms with E-state index in [0.29, 0.717) is 5.56 Å². The van der Waals surface area contributed by atoms with Gasteiger partial charge >= 0.3 is 15.8 Å². The molecule has 0 amide bonds. The van der Waals surface area contributed by atoms with Gasteiger partial charge in [-0.2, -0.15) is 8.42 Å². The lowest BCUT2D eigenvalue weighted by Crippen LogP contribution is -2.11. The van der Waals surface area contributed by atoms with Gasteiger partial charge in [-0.05, 0) is 49.2 Å². The van der Waals surface area contributed by atoms with Gasteiger partial charge in [0.1, 0.15) is 10.7 Å². The van der Waals surface area contributed by atoms with E-state index in [1.165, 1.54) is 25.1 Å². The molecule has 0 aromatic heterocycles. The third-order valence-corrected chi connectivity index (χ3v) is 4.16. The van der Waals surface area contributed by atoms with Crippen LogP contribution in [0.15, 0.2) is 41.3 Å². The molecule has 8 heteroatoms. The molecule has 0 aliphatic rings. The van der Waals surface area contributed by atoms with Crippen molar-refractivity contribution in [2.75, 3.05) is 0 Å². The van der Waals surface area contributed by atoms with Crippen molar-refractivity contribution in [1.82, 2.24) is 0 Å². The summed E-state index contributed by atoms with van der Waals surface area (Å²) in [5, 5.41) is 11.0. The Morgan fingerprint density at radius 2 is 1.82 bits per heavy atom. The molecule has 2 aromatic rings. The average molecular weight is 325 g/mol. The summed E-state index contributed by atoms with van der Waals surface area (Å²) >= 11 is 0. The molecule has 0 spiro atoms. The summed E-state index contributed by atoms with van der Waals surface area (Å²) in [4.78, 5) is 9.97. The highest BCUT2D eigenvalue weighted by Gasteiger charge is 2.23. The molecule has 22 heavy (non-hydrogen) atoms. The van der Waals surface area contributed by atoms with Crippen LogP contribution in [-0.2, 0) is 10.1 Å². The number of rotatable bonds is 4. The van der Waals surface area contributed by atoms with Crippen LogP contribution < -0.4 is 4.18 Å². The summed E-state index contributed by atoms with van der Waals surface area (Å²) in [6.07, 6.45) is 0. The van der Waals surface area contributed by atoms with Crippen LogP contribution in [0.1, 0.15) is 11.1 Å². The highest BCUT2D eigenvalue weighted by Crippen LogP contribution is 2.30. The van der Waals surface area contributed by atoms with E-state index in [0.717, 1.165) is 18.2 Å². The van der Waals surface area contributed by atoms with E-state index >= 15 is 0 Å². The molecule has 0 unspecified atom stereocenters. The number of nitrogens with zero attached hydrogens (tertiary/aromatic N) is 1. The first-order valence-corrected chi connectivity index (χ1v) is 7.57. The van der Waals surface area contributed by atoms with Crippen LogP contribution in [0.2, 0.25) is 0 Å². The van der Waals surface area contributed by atoms with Crippen molar-refractivity contribution in [2.24, 2.45) is 0 Å². The number of nitro benzene ring substituents is 1. The third kappa shape index (κ3) is 3.22. The molecule has 6 nitrogen and oxygen atoms in total. The number of hydrogen-bond donors (Lipinski definition) is 0. The molecule has 0 radical (unpaired) electrons. The first-order chi connectivity index (χ1) is 10.2. The van der Waals surface area contributed by atoms with Crippen LogP contribution in [0.3, 0.4) is 0 Å². The molecular weight excluding hydrogens is 313 g/mol. The smallest absolute Gasteiger partial charge is 0.339 e. The van der Waals surface area contributed by atoms with Gasteiger partial charge in [0, 0.05) is 6.07 Å². The first-order valence-electron chi connectivity index (χ1n) is 6.16. The van der Waals surface area contributed by atoms with Crippen molar-refractivity contribution in [3.63, 3.8) is 0 Å². The first kappa shape index (κ1) is 15.9. The van der Waals surface area contributed by atoms with Crippen LogP contribution >= 0.6 is 0 Å². The fourth-order valence-corrected chi connectivity index (χ4v) is 2.81. The zero-order valence-electron chi connectivity index (χ0n) is 11.7. The van der Waals surface area contributed by atoms with E-state index in [-0.39, 0.29) is 10.5 Å².